The van der Waals surface area contributed by atoms with Gasteiger partial charge in [-0.25, -0.2) is 0 Å². The summed E-state index contributed by atoms with van der Waals surface area (Å²) >= 11 is 4.84. The van der Waals surface area contributed by atoms with Gasteiger partial charge in [-0.1, -0.05) is 24.6 Å². The molecule has 5 rings (SSSR count). The lowest BCUT2D eigenvalue weighted by Gasteiger charge is -2.16. The van der Waals surface area contributed by atoms with E-state index in [2.05, 4.69) is 45.4 Å². The monoisotopic (exact) mass is 525 g/mol. The number of aryl methyl sites for hydroxylation is 2. The van der Waals surface area contributed by atoms with Crippen molar-refractivity contribution in [2.45, 2.75) is 89.3 Å². The Morgan fingerprint density at radius 2 is 1.80 bits per heavy atom. The maximum atomic E-state index is 12.9. The number of thioether (sulfide) groups is 1. The maximum absolute atomic E-state index is 12.9. The topological polar surface area (TPSA) is 83.6 Å². The average molecular weight is 526 g/mol. The van der Waals surface area contributed by atoms with Crippen LogP contribution in [0.5, 0.6) is 0 Å². The second kappa shape index (κ2) is 10.9. The van der Waals surface area contributed by atoms with E-state index >= 15 is 0 Å². The molecular weight excluding hydrogens is 495 g/mol. The molecule has 0 aromatic carbocycles. The molecule has 0 saturated heterocycles. The zero-order chi connectivity index (χ0) is 24.4. The SMILES string of the molecule is CC(C)n1c(SCC(=O)Nc2sc3c(c2C#N)CCCCCC3)nnc1-c1csc2c1CCCC2. The Morgan fingerprint density at radius 1 is 1.09 bits per heavy atom. The van der Waals surface area contributed by atoms with Crippen LogP contribution in [0.4, 0.5) is 5.00 Å². The number of anilines is 1. The lowest BCUT2D eigenvalue weighted by Crippen LogP contribution is -2.15. The zero-order valence-corrected chi connectivity index (χ0v) is 22.8. The molecule has 0 radical (unpaired) electrons. The van der Waals surface area contributed by atoms with Gasteiger partial charge in [0.2, 0.25) is 5.91 Å². The van der Waals surface area contributed by atoms with Crippen LogP contribution in [-0.4, -0.2) is 26.4 Å². The Morgan fingerprint density at radius 3 is 2.60 bits per heavy atom. The van der Waals surface area contributed by atoms with Crippen molar-refractivity contribution in [2.75, 3.05) is 11.1 Å². The van der Waals surface area contributed by atoms with Crippen LogP contribution in [-0.2, 0) is 30.5 Å². The molecule has 35 heavy (non-hydrogen) atoms. The Labute approximate surface area is 219 Å². The third-order valence-corrected chi connectivity index (χ3v) is 10.1. The van der Waals surface area contributed by atoms with Crippen LogP contribution < -0.4 is 5.32 Å². The third kappa shape index (κ3) is 5.07. The highest BCUT2D eigenvalue weighted by Crippen LogP contribution is 2.39. The highest BCUT2D eigenvalue weighted by Gasteiger charge is 2.25. The van der Waals surface area contributed by atoms with Crippen molar-refractivity contribution in [1.29, 1.82) is 5.26 Å². The quantitative estimate of drug-likeness (QED) is 0.358. The van der Waals surface area contributed by atoms with Gasteiger partial charge in [-0.05, 0) is 76.3 Å². The predicted octanol–water partition coefficient (Wildman–Crippen LogP) is 6.79. The molecule has 0 atom stereocenters. The number of hydrogen-bond acceptors (Lipinski definition) is 7. The number of fused-ring (bicyclic) bond motifs is 2. The number of hydrogen-bond donors (Lipinski definition) is 1. The Hall–Kier alpha value is -2.15. The molecule has 3 heterocycles. The van der Waals surface area contributed by atoms with Crippen LogP contribution in [0, 0.1) is 11.3 Å². The van der Waals surface area contributed by atoms with E-state index in [1.165, 1.54) is 58.3 Å². The molecule has 0 unspecified atom stereocenters. The van der Waals surface area contributed by atoms with Crippen LogP contribution in [0.3, 0.4) is 0 Å². The summed E-state index contributed by atoms with van der Waals surface area (Å²) in [5.74, 6) is 1.04. The number of carbonyl (C=O) groups excluding carboxylic acids is 1. The van der Waals surface area contributed by atoms with Crippen molar-refractivity contribution < 1.29 is 4.79 Å². The number of nitrogens with zero attached hydrogens (tertiary/aromatic N) is 4. The van der Waals surface area contributed by atoms with Gasteiger partial charge < -0.3 is 5.32 Å². The highest BCUT2D eigenvalue weighted by atomic mass is 32.2. The molecule has 2 aliphatic rings. The Balaban J connectivity index is 1.32. The minimum absolute atomic E-state index is 0.103. The molecule has 3 aromatic heterocycles. The molecular formula is C26H31N5OS3. The predicted molar refractivity (Wildman–Crippen MR) is 145 cm³/mol. The van der Waals surface area contributed by atoms with E-state index in [1.54, 1.807) is 11.3 Å². The van der Waals surface area contributed by atoms with E-state index in [4.69, 9.17) is 0 Å². The summed E-state index contributed by atoms with van der Waals surface area (Å²) in [6.07, 6.45) is 11.4. The second-order valence-corrected chi connectivity index (χ2v) is 12.6. The first kappa shape index (κ1) is 24.5. The molecule has 2 aliphatic carbocycles. The number of aromatic nitrogens is 3. The van der Waals surface area contributed by atoms with Gasteiger partial charge in [-0.2, -0.15) is 5.26 Å². The summed E-state index contributed by atoms with van der Waals surface area (Å²) < 4.78 is 2.16. The van der Waals surface area contributed by atoms with E-state index in [0.29, 0.717) is 10.6 Å². The van der Waals surface area contributed by atoms with Crippen molar-refractivity contribution in [3.63, 3.8) is 0 Å². The summed E-state index contributed by atoms with van der Waals surface area (Å²) in [6, 6.07) is 2.55. The van der Waals surface area contributed by atoms with Crippen LogP contribution >= 0.6 is 34.4 Å². The number of carbonyl (C=O) groups is 1. The molecule has 6 nitrogen and oxygen atoms in total. The second-order valence-electron chi connectivity index (χ2n) is 9.60. The van der Waals surface area contributed by atoms with Gasteiger partial charge >= 0.3 is 0 Å². The number of thiophene rings is 2. The van der Waals surface area contributed by atoms with Crippen molar-refractivity contribution in [3.05, 3.63) is 31.8 Å². The molecule has 0 aliphatic heterocycles. The molecule has 184 valence electrons. The van der Waals surface area contributed by atoms with Crippen molar-refractivity contribution in [3.8, 4) is 17.5 Å². The van der Waals surface area contributed by atoms with Gasteiger partial charge in [-0.3, -0.25) is 9.36 Å². The van der Waals surface area contributed by atoms with Gasteiger partial charge in [-0.15, -0.1) is 32.9 Å². The van der Waals surface area contributed by atoms with Crippen LogP contribution in [0.25, 0.3) is 11.4 Å². The minimum Gasteiger partial charge on any atom is -0.316 e. The van der Waals surface area contributed by atoms with Gasteiger partial charge in [0, 0.05) is 26.7 Å². The largest absolute Gasteiger partial charge is 0.316 e. The summed E-state index contributed by atoms with van der Waals surface area (Å²) in [4.78, 5) is 15.7. The first-order valence-corrected chi connectivity index (χ1v) is 15.3. The molecule has 0 bridgehead atoms. The van der Waals surface area contributed by atoms with E-state index in [9.17, 15) is 10.1 Å². The third-order valence-electron chi connectivity index (χ3n) is 6.85. The van der Waals surface area contributed by atoms with Gasteiger partial charge in [0.15, 0.2) is 11.0 Å². The molecule has 9 heteroatoms. The molecule has 3 aromatic rings. The smallest absolute Gasteiger partial charge is 0.235 e. The highest BCUT2D eigenvalue weighted by molar-refractivity contribution is 7.99. The molecule has 0 saturated carbocycles. The Bertz CT molecular complexity index is 1260. The van der Waals surface area contributed by atoms with Crippen molar-refractivity contribution in [2.24, 2.45) is 0 Å². The summed E-state index contributed by atoms with van der Waals surface area (Å²) in [5, 5.41) is 25.6. The lowest BCUT2D eigenvalue weighted by molar-refractivity contribution is -0.113. The lowest BCUT2D eigenvalue weighted by atomic mass is 9.95. The number of amides is 1. The molecule has 0 fully saturated rings. The number of rotatable bonds is 6. The van der Waals surface area contributed by atoms with E-state index < -0.39 is 0 Å². The summed E-state index contributed by atoms with van der Waals surface area (Å²) in [6.45, 7) is 4.27. The summed E-state index contributed by atoms with van der Waals surface area (Å²) in [7, 11) is 0. The summed E-state index contributed by atoms with van der Waals surface area (Å²) in [5.41, 5.74) is 4.46. The molecule has 1 amide bonds. The molecule has 1 N–H and O–H groups in total. The fourth-order valence-corrected chi connectivity index (χ4v) is 8.37. The van der Waals surface area contributed by atoms with E-state index in [-0.39, 0.29) is 17.7 Å². The Kier molecular flexibility index (Phi) is 7.61. The number of nitriles is 1. The molecule has 0 spiro atoms. The number of nitrogens with one attached hydrogen (secondary N) is 1. The average Bonchev–Trinajstić information content (AvgIpc) is 3.52. The first-order chi connectivity index (χ1) is 17.1. The van der Waals surface area contributed by atoms with E-state index in [0.717, 1.165) is 55.1 Å². The van der Waals surface area contributed by atoms with Gasteiger partial charge in [0.25, 0.3) is 0 Å². The normalized spacial score (nSPS) is 15.7. The van der Waals surface area contributed by atoms with Crippen LogP contribution in [0.2, 0.25) is 0 Å². The maximum Gasteiger partial charge on any atom is 0.235 e. The van der Waals surface area contributed by atoms with Crippen LogP contribution in [0.15, 0.2) is 10.5 Å². The van der Waals surface area contributed by atoms with Crippen molar-refractivity contribution in [1.82, 2.24) is 14.8 Å². The zero-order valence-electron chi connectivity index (χ0n) is 20.4. The van der Waals surface area contributed by atoms with Gasteiger partial charge in [0.05, 0.1) is 11.3 Å². The fraction of sp³-hybridized carbons (Fsp3) is 0.538. The van der Waals surface area contributed by atoms with Crippen molar-refractivity contribution >= 4 is 45.3 Å². The van der Waals surface area contributed by atoms with Gasteiger partial charge in [0.1, 0.15) is 11.1 Å². The minimum atomic E-state index is -0.103. The van der Waals surface area contributed by atoms with Crippen LogP contribution in [0.1, 0.15) is 84.9 Å². The standard InChI is InChI=1S/C26H31N5OS3/c1-16(2)31-24(20-14-33-21-11-8-7-10-18(20)21)29-30-26(31)34-15-23(32)28-25-19(13-27)17-9-5-3-4-6-12-22(17)35-25/h14,16H,3-12,15H2,1-2H3,(H,28,32). The van der Waals surface area contributed by atoms with E-state index in [1.807, 2.05) is 11.3 Å². The first-order valence-electron chi connectivity index (χ1n) is 12.6. The fourth-order valence-electron chi connectivity index (χ4n) is 5.12.